The number of carbonyl (C=O) groups excluding carboxylic acids is 1. The molecule has 0 radical (unpaired) electrons. The molecule has 5 nitrogen and oxygen atoms in total. The Hall–Kier alpha value is -1.75. The summed E-state index contributed by atoms with van der Waals surface area (Å²) in [7, 11) is 0. The third-order valence-corrected chi connectivity index (χ3v) is 2.65. The number of carbonyl (C=O) groups is 1. The van der Waals surface area contributed by atoms with Crippen LogP contribution in [-0.4, -0.2) is 19.2 Å². The van der Waals surface area contributed by atoms with Crippen molar-refractivity contribution in [3.8, 4) is 11.5 Å². The number of ether oxygens (including phenoxy) is 2. The lowest BCUT2D eigenvalue weighted by Gasteiger charge is -2.16. The highest BCUT2D eigenvalue weighted by molar-refractivity contribution is 5.74. The molecule has 5 heteroatoms. The minimum atomic E-state index is -0.325. The molecular weight excluding hydrogens is 220 g/mol. The first-order valence-corrected chi connectivity index (χ1v) is 5.62. The van der Waals surface area contributed by atoms with Gasteiger partial charge in [-0.1, -0.05) is 13.0 Å². The Morgan fingerprint density at radius 2 is 2.24 bits per heavy atom. The Kier molecular flexibility index (Phi) is 3.49. The lowest BCUT2D eigenvalue weighted by Crippen LogP contribution is -2.26. The first kappa shape index (κ1) is 11.7. The van der Waals surface area contributed by atoms with E-state index >= 15 is 0 Å². The Morgan fingerprint density at radius 1 is 1.47 bits per heavy atom. The van der Waals surface area contributed by atoms with E-state index in [1.165, 1.54) is 0 Å². The Balaban J connectivity index is 2.20. The number of fused-ring (bicyclic) bond motifs is 1. The second-order valence-corrected chi connectivity index (χ2v) is 3.89. The molecule has 0 saturated carbocycles. The van der Waals surface area contributed by atoms with Crippen molar-refractivity contribution in [1.82, 2.24) is 5.32 Å². The molecule has 0 bridgehead atoms. The van der Waals surface area contributed by atoms with Crippen LogP contribution in [0.3, 0.4) is 0 Å². The summed E-state index contributed by atoms with van der Waals surface area (Å²) >= 11 is 0. The Labute approximate surface area is 99.9 Å². The van der Waals surface area contributed by atoms with Gasteiger partial charge in [-0.15, -0.1) is 0 Å². The number of hydrogen-bond donors (Lipinski definition) is 2. The SMILES string of the molecule is CCNC(CC(N)=O)c1ccc2c(c1)OCO2. The topological polar surface area (TPSA) is 73.6 Å². The highest BCUT2D eigenvalue weighted by Gasteiger charge is 2.18. The fourth-order valence-corrected chi connectivity index (χ4v) is 1.89. The number of rotatable bonds is 5. The van der Waals surface area contributed by atoms with Gasteiger partial charge in [-0.05, 0) is 24.2 Å². The van der Waals surface area contributed by atoms with Crippen LogP contribution < -0.4 is 20.5 Å². The maximum Gasteiger partial charge on any atom is 0.231 e. The van der Waals surface area contributed by atoms with Crippen LogP contribution in [0.25, 0.3) is 0 Å². The molecule has 1 amide bonds. The summed E-state index contributed by atoms with van der Waals surface area (Å²) < 4.78 is 10.5. The van der Waals surface area contributed by atoms with E-state index in [-0.39, 0.29) is 25.2 Å². The van der Waals surface area contributed by atoms with Crippen LogP contribution in [-0.2, 0) is 4.79 Å². The van der Waals surface area contributed by atoms with E-state index in [0.29, 0.717) is 0 Å². The molecule has 3 N–H and O–H groups in total. The standard InChI is InChI=1S/C12H16N2O3/c1-2-14-9(6-12(13)15)8-3-4-10-11(5-8)17-7-16-10/h3-5,9,14H,2,6-7H2,1H3,(H2,13,15). The molecule has 2 rings (SSSR count). The molecule has 1 atom stereocenters. The molecule has 1 unspecified atom stereocenters. The summed E-state index contributed by atoms with van der Waals surface area (Å²) in [5.74, 6) is 1.13. The van der Waals surface area contributed by atoms with Gasteiger partial charge in [0.15, 0.2) is 11.5 Å². The predicted octanol–water partition coefficient (Wildman–Crippen LogP) is 0.941. The van der Waals surface area contributed by atoms with Crippen molar-refractivity contribution in [3.05, 3.63) is 23.8 Å². The third kappa shape index (κ3) is 2.68. The van der Waals surface area contributed by atoms with Gasteiger partial charge in [0, 0.05) is 12.5 Å². The number of primary amides is 1. The van der Waals surface area contributed by atoms with Crippen LogP contribution in [0.5, 0.6) is 11.5 Å². The highest BCUT2D eigenvalue weighted by atomic mass is 16.7. The van der Waals surface area contributed by atoms with Gasteiger partial charge in [-0.2, -0.15) is 0 Å². The summed E-state index contributed by atoms with van der Waals surface area (Å²) in [5.41, 5.74) is 6.22. The molecule has 0 aliphatic carbocycles. The van der Waals surface area contributed by atoms with Crippen LogP contribution in [0.15, 0.2) is 18.2 Å². The summed E-state index contributed by atoms with van der Waals surface area (Å²) in [6, 6.07) is 5.58. The average Bonchev–Trinajstić information content (AvgIpc) is 2.74. The first-order valence-electron chi connectivity index (χ1n) is 5.62. The van der Waals surface area contributed by atoms with Crippen LogP contribution >= 0.6 is 0 Å². The number of nitrogens with one attached hydrogen (secondary N) is 1. The first-order chi connectivity index (χ1) is 8.20. The molecule has 1 aliphatic heterocycles. The van der Waals surface area contributed by atoms with Gasteiger partial charge in [0.2, 0.25) is 12.7 Å². The van der Waals surface area contributed by atoms with Gasteiger partial charge in [0.1, 0.15) is 0 Å². The van der Waals surface area contributed by atoms with Gasteiger partial charge in [0.25, 0.3) is 0 Å². The lowest BCUT2D eigenvalue weighted by molar-refractivity contribution is -0.118. The van der Waals surface area contributed by atoms with Gasteiger partial charge >= 0.3 is 0 Å². The van der Waals surface area contributed by atoms with Crippen LogP contribution in [0.2, 0.25) is 0 Å². The molecule has 0 saturated heterocycles. The zero-order chi connectivity index (χ0) is 12.3. The van der Waals surface area contributed by atoms with Crippen molar-refractivity contribution in [1.29, 1.82) is 0 Å². The maximum atomic E-state index is 11.0. The van der Waals surface area contributed by atoms with Crippen LogP contribution in [0, 0.1) is 0 Å². The molecule has 1 aromatic carbocycles. The summed E-state index contributed by atoms with van der Waals surface area (Å²) in [6.45, 7) is 3.01. The van der Waals surface area contributed by atoms with E-state index in [0.717, 1.165) is 23.6 Å². The van der Waals surface area contributed by atoms with Gasteiger partial charge in [-0.3, -0.25) is 4.79 Å². The van der Waals surface area contributed by atoms with Crippen molar-refractivity contribution >= 4 is 5.91 Å². The fourth-order valence-electron chi connectivity index (χ4n) is 1.89. The second-order valence-electron chi connectivity index (χ2n) is 3.89. The zero-order valence-electron chi connectivity index (χ0n) is 9.73. The van der Waals surface area contributed by atoms with E-state index in [9.17, 15) is 4.79 Å². The lowest BCUT2D eigenvalue weighted by atomic mass is 10.0. The minimum Gasteiger partial charge on any atom is -0.454 e. The molecule has 1 aliphatic rings. The number of hydrogen-bond acceptors (Lipinski definition) is 4. The monoisotopic (exact) mass is 236 g/mol. The van der Waals surface area contributed by atoms with E-state index in [1.54, 1.807) is 0 Å². The summed E-state index contributed by atoms with van der Waals surface area (Å²) in [5, 5.41) is 3.22. The molecule has 17 heavy (non-hydrogen) atoms. The van der Waals surface area contributed by atoms with E-state index < -0.39 is 0 Å². The van der Waals surface area contributed by atoms with E-state index in [4.69, 9.17) is 15.2 Å². The molecule has 92 valence electrons. The van der Waals surface area contributed by atoms with Gasteiger partial charge in [0.05, 0.1) is 0 Å². The summed E-state index contributed by atoms with van der Waals surface area (Å²) in [6.07, 6.45) is 0.271. The maximum absolute atomic E-state index is 11.0. The van der Waals surface area contributed by atoms with Crippen molar-refractivity contribution in [2.75, 3.05) is 13.3 Å². The molecule has 0 fully saturated rings. The van der Waals surface area contributed by atoms with Crippen LogP contribution in [0.4, 0.5) is 0 Å². The summed E-state index contributed by atoms with van der Waals surface area (Å²) in [4.78, 5) is 11.0. The van der Waals surface area contributed by atoms with Gasteiger partial charge < -0.3 is 20.5 Å². The molecule has 1 heterocycles. The van der Waals surface area contributed by atoms with Crippen molar-refractivity contribution in [3.63, 3.8) is 0 Å². The largest absolute Gasteiger partial charge is 0.454 e. The van der Waals surface area contributed by atoms with E-state index in [1.807, 2.05) is 25.1 Å². The number of nitrogens with two attached hydrogens (primary N) is 1. The van der Waals surface area contributed by atoms with E-state index in [2.05, 4.69) is 5.32 Å². The average molecular weight is 236 g/mol. The van der Waals surface area contributed by atoms with Crippen LogP contribution in [0.1, 0.15) is 24.9 Å². The van der Waals surface area contributed by atoms with Crippen molar-refractivity contribution < 1.29 is 14.3 Å². The zero-order valence-corrected chi connectivity index (χ0v) is 9.73. The molecule has 1 aromatic rings. The Morgan fingerprint density at radius 3 is 2.94 bits per heavy atom. The number of benzene rings is 1. The van der Waals surface area contributed by atoms with Crippen molar-refractivity contribution in [2.24, 2.45) is 5.73 Å². The van der Waals surface area contributed by atoms with Gasteiger partial charge in [-0.25, -0.2) is 0 Å². The second kappa shape index (κ2) is 5.05. The molecular formula is C12H16N2O3. The quantitative estimate of drug-likeness (QED) is 0.798. The normalized spacial score (nSPS) is 14.6. The third-order valence-electron chi connectivity index (χ3n) is 2.65. The van der Waals surface area contributed by atoms with Crippen molar-refractivity contribution in [2.45, 2.75) is 19.4 Å². The molecule has 0 spiro atoms. The molecule has 0 aromatic heterocycles. The highest BCUT2D eigenvalue weighted by Crippen LogP contribution is 2.34. The predicted molar refractivity (Wildman–Crippen MR) is 62.8 cm³/mol. The Bertz CT molecular complexity index is 420. The fraction of sp³-hybridized carbons (Fsp3) is 0.417. The number of amides is 1. The smallest absolute Gasteiger partial charge is 0.231 e. The minimum absolute atomic E-state index is 0.0769.